The summed E-state index contributed by atoms with van der Waals surface area (Å²) in [5, 5.41) is 9.02. The van der Waals surface area contributed by atoms with E-state index < -0.39 is 12.1 Å². The summed E-state index contributed by atoms with van der Waals surface area (Å²) in [4.78, 5) is 15.4. The molecule has 18 heavy (non-hydrogen) atoms. The van der Waals surface area contributed by atoms with Gasteiger partial charge in [-0.25, -0.2) is 9.78 Å². The third kappa shape index (κ3) is 2.90. The molecule has 100 valence electrons. The Morgan fingerprint density at radius 1 is 1.56 bits per heavy atom. The first-order chi connectivity index (χ1) is 8.72. The van der Waals surface area contributed by atoms with Crippen molar-refractivity contribution < 1.29 is 14.6 Å². The average molecular weight is 252 g/mol. The number of carboxylic acid groups (broad SMARTS) is 1. The molecular weight excluding hydrogens is 232 g/mol. The molecule has 1 aromatic heterocycles. The maximum Gasteiger partial charge on any atom is 0.332 e. The number of ether oxygens (including phenoxy) is 1. The Labute approximate surface area is 107 Å². The van der Waals surface area contributed by atoms with Crippen molar-refractivity contribution in [3.05, 3.63) is 17.7 Å². The molecule has 1 atom stereocenters. The van der Waals surface area contributed by atoms with E-state index in [0.29, 0.717) is 19.6 Å². The zero-order valence-electron chi connectivity index (χ0n) is 10.8. The summed E-state index contributed by atoms with van der Waals surface area (Å²) in [5.41, 5.74) is 2.46. The van der Waals surface area contributed by atoms with E-state index in [0.717, 1.165) is 12.8 Å². The number of aromatic nitrogens is 2. The summed E-state index contributed by atoms with van der Waals surface area (Å²) in [5.74, 6) is -0.883. The van der Waals surface area contributed by atoms with Gasteiger partial charge in [0, 0.05) is 25.3 Å². The van der Waals surface area contributed by atoms with Crippen molar-refractivity contribution >= 4 is 5.97 Å². The first-order valence-electron chi connectivity index (χ1n) is 6.59. The van der Waals surface area contributed by atoms with Crippen LogP contribution in [-0.4, -0.2) is 33.3 Å². The highest BCUT2D eigenvalue weighted by atomic mass is 16.5. The SMILES string of the molecule is CCOC(CCn1cnc2c1CCCC2)C(=O)O. The minimum atomic E-state index is -0.883. The first-order valence-corrected chi connectivity index (χ1v) is 6.59. The Kier molecular flexibility index (Phi) is 4.36. The molecule has 0 saturated carbocycles. The van der Waals surface area contributed by atoms with Crippen LogP contribution in [0.1, 0.15) is 37.6 Å². The van der Waals surface area contributed by atoms with Gasteiger partial charge in [-0.05, 0) is 32.6 Å². The van der Waals surface area contributed by atoms with Crippen LogP contribution in [0.5, 0.6) is 0 Å². The number of carbonyl (C=O) groups is 1. The summed E-state index contributed by atoms with van der Waals surface area (Å²) in [6.07, 6.45) is 6.13. The number of nitrogens with zero attached hydrogens (tertiary/aromatic N) is 2. The van der Waals surface area contributed by atoms with Crippen molar-refractivity contribution in [1.29, 1.82) is 0 Å². The maximum atomic E-state index is 11.0. The Morgan fingerprint density at radius 3 is 3.06 bits per heavy atom. The highest BCUT2D eigenvalue weighted by Crippen LogP contribution is 2.20. The second kappa shape index (κ2) is 6.00. The lowest BCUT2D eigenvalue weighted by atomic mass is 10.0. The number of imidazole rings is 1. The molecule has 0 amide bonds. The van der Waals surface area contributed by atoms with Gasteiger partial charge in [0.2, 0.25) is 0 Å². The Bertz CT molecular complexity index is 414. The van der Waals surface area contributed by atoms with Gasteiger partial charge >= 0.3 is 5.97 Å². The largest absolute Gasteiger partial charge is 0.479 e. The second-order valence-corrected chi connectivity index (χ2v) is 4.61. The van der Waals surface area contributed by atoms with E-state index in [1.54, 1.807) is 0 Å². The number of aryl methyl sites for hydroxylation is 2. The number of fused-ring (bicyclic) bond motifs is 1. The zero-order valence-corrected chi connectivity index (χ0v) is 10.8. The Hall–Kier alpha value is -1.36. The number of hydrogen-bond acceptors (Lipinski definition) is 3. The fourth-order valence-corrected chi connectivity index (χ4v) is 2.46. The molecule has 0 aromatic carbocycles. The van der Waals surface area contributed by atoms with Crippen molar-refractivity contribution in [3.8, 4) is 0 Å². The number of hydrogen-bond donors (Lipinski definition) is 1. The van der Waals surface area contributed by atoms with E-state index in [-0.39, 0.29) is 0 Å². The summed E-state index contributed by atoms with van der Waals surface area (Å²) >= 11 is 0. The van der Waals surface area contributed by atoms with Gasteiger partial charge in [0.25, 0.3) is 0 Å². The fraction of sp³-hybridized carbons (Fsp3) is 0.692. The van der Waals surface area contributed by atoms with Crippen LogP contribution in [0, 0.1) is 0 Å². The van der Waals surface area contributed by atoms with Crippen LogP contribution in [0.2, 0.25) is 0 Å². The normalized spacial score (nSPS) is 16.3. The summed E-state index contributed by atoms with van der Waals surface area (Å²) in [6.45, 7) is 2.91. The molecule has 1 N–H and O–H groups in total. The van der Waals surface area contributed by atoms with Crippen molar-refractivity contribution in [2.75, 3.05) is 6.61 Å². The van der Waals surface area contributed by atoms with Gasteiger partial charge in [-0.1, -0.05) is 0 Å². The number of rotatable bonds is 6. The standard InChI is InChI=1S/C13H20N2O3/c1-2-18-12(13(16)17)7-8-15-9-14-10-5-3-4-6-11(10)15/h9,12H,2-8H2,1H3,(H,16,17). The van der Waals surface area contributed by atoms with Crippen molar-refractivity contribution in [2.24, 2.45) is 0 Å². The van der Waals surface area contributed by atoms with E-state index in [4.69, 9.17) is 9.84 Å². The van der Waals surface area contributed by atoms with Gasteiger partial charge in [-0.15, -0.1) is 0 Å². The fourth-order valence-electron chi connectivity index (χ4n) is 2.46. The number of aliphatic carboxylic acids is 1. The smallest absolute Gasteiger partial charge is 0.332 e. The van der Waals surface area contributed by atoms with E-state index in [2.05, 4.69) is 9.55 Å². The van der Waals surface area contributed by atoms with Crippen LogP contribution in [0.3, 0.4) is 0 Å². The molecule has 2 rings (SSSR count). The quantitative estimate of drug-likeness (QED) is 0.836. The van der Waals surface area contributed by atoms with Crippen LogP contribution in [0.25, 0.3) is 0 Å². The Morgan fingerprint density at radius 2 is 2.33 bits per heavy atom. The summed E-state index contributed by atoms with van der Waals surface area (Å²) in [7, 11) is 0. The molecule has 1 aliphatic rings. The molecule has 0 saturated heterocycles. The van der Waals surface area contributed by atoms with Crippen LogP contribution in [-0.2, 0) is 28.9 Å². The molecule has 1 unspecified atom stereocenters. The third-order valence-corrected chi connectivity index (χ3v) is 3.39. The van der Waals surface area contributed by atoms with Crippen LogP contribution in [0.4, 0.5) is 0 Å². The first kappa shape index (κ1) is 13.1. The van der Waals surface area contributed by atoms with Gasteiger partial charge in [0.1, 0.15) is 0 Å². The Balaban J connectivity index is 1.97. The monoisotopic (exact) mass is 252 g/mol. The minimum absolute atomic E-state index is 0.430. The van der Waals surface area contributed by atoms with E-state index >= 15 is 0 Å². The van der Waals surface area contributed by atoms with Gasteiger partial charge in [-0.3, -0.25) is 0 Å². The lowest BCUT2D eigenvalue weighted by molar-refractivity contribution is -0.150. The molecule has 1 heterocycles. The third-order valence-electron chi connectivity index (χ3n) is 3.39. The molecule has 0 spiro atoms. The van der Waals surface area contributed by atoms with Crippen LogP contribution < -0.4 is 0 Å². The molecule has 1 aliphatic carbocycles. The molecule has 0 fully saturated rings. The van der Waals surface area contributed by atoms with Crippen LogP contribution >= 0.6 is 0 Å². The van der Waals surface area contributed by atoms with Gasteiger partial charge < -0.3 is 14.4 Å². The molecule has 5 nitrogen and oxygen atoms in total. The molecule has 0 aliphatic heterocycles. The molecule has 5 heteroatoms. The van der Waals surface area contributed by atoms with E-state index in [9.17, 15) is 4.79 Å². The second-order valence-electron chi connectivity index (χ2n) is 4.61. The average Bonchev–Trinajstić information content (AvgIpc) is 2.77. The van der Waals surface area contributed by atoms with Gasteiger partial charge in [-0.2, -0.15) is 0 Å². The zero-order chi connectivity index (χ0) is 13.0. The minimum Gasteiger partial charge on any atom is -0.479 e. The highest BCUT2D eigenvalue weighted by Gasteiger charge is 2.19. The molecule has 1 aromatic rings. The van der Waals surface area contributed by atoms with E-state index in [1.807, 2.05) is 13.3 Å². The lowest BCUT2D eigenvalue weighted by Crippen LogP contribution is -2.25. The summed E-state index contributed by atoms with van der Waals surface area (Å²) in [6, 6.07) is 0. The van der Waals surface area contributed by atoms with Gasteiger partial charge in [0.15, 0.2) is 6.10 Å². The van der Waals surface area contributed by atoms with Crippen molar-refractivity contribution in [1.82, 2.24) is 9.55 Å². The summed E-state index contributed by atoms with van der Waals surface area (Å²) < 4.78 is 7.30. The molecule has 0 radical (unpaired) electrons. The number of carboxylic acids is 1. The van der Waals surface area contributed by atoms with Crippen LogP contribution in [0.15, 0.2) is 6.33 Å². The predicted molar refractivity (Wildman–Crippen MR) is 66.5 cm³/mol. The van der Waals surface area contributed by atoms with E-state index in [1.165, 1.54) is 24.2 Å². The molecular formula is C13H20N2O3. The topological polar surface area (TPSA) is 64.4 Å². The van der Waals surface area contributed by atoms with Crippen molar-refractivity contribution in [3.63, 3.8) is 0 Å². The van der Waals surface area contributed by atoms with Crippen molar-refractivity contribution in [2.45, 2.75) is 51.7 Å². The van der Waals surface area contributed by atoms with Gasteiger partial charge in [0.05, 0.1) is 12.0 Å². The molecule has 0 bridgehead atoms. The highest BCUT2D eigenvalue weighted by molar-refractivity contribution is 5.72. The maximum absolute atomic E-state index is 11.0. The lowest BCUT2D eigenvalue weighted by Gasteiger charge is -2.16. The predicted octanol–water partition coefficient (Wildman–Crippen LogP) is 1.64.